The van der Waals surface area contributed by atoms with Crippen molar-refractivity contribution in [1.29, 1.82) is 0 Å². The summed E-state index contributed by atoms with van der Waals surface area (Å²) in [7, 11) is 0. The number of hydrogen-bond donors (Lipinski definition) is 2. The molecule has 0 aliphatic heterocycles. The van der Waals surface area contributed by atoms with E-state index in [1.165, 1.54) is 6.07 Å². The first-order valence-corrected chi connectivity index (χ1v) is 8.12. The van der Waals surface area contributed by atoms with Crippen molar-refractivity contribution >= 4 is 23.5 Å². The fourth-order valence-electron chi connectivity index (χ4n) is 3.15. The lowest BCUT2D eigenvalue weighted by molar-refractivity contribution is -0.138. The van der Waals surface area contributed by atoms with Crippen LogP contribution >= 0.6 is 11.6 Å². The number of carboxylic acids is 1. The quantitative estimate of drug-likeness (QED) is 0.862. The molecule has 1 fully saturated rings. The van der Waals surface area contributed by atoms with Crippen molar-refractivity contribution in [2.24, 2.45) is 0 Å². The Morgan fingerprint density at radius 1 is 1.29 bits per heavy atom. The lowest BCUT2D eigenvalue weighted by Crippen LogP contribution is -2.47. The highest BCUT2D eigenvalue weighted by Crippen LogP contribution is 2.33. The number of carboxylic acid groups (broad SMARTS) is 1. The number of carbonyl (C=O) groups is 2. The van der Waals surface area contributed by atoms with Crippen molar-refractivity contribution in [3.63, 3.8) is 0 Å². The molecule has 1 aromatic carbocycles. The molecule has 24 heavy (non-hydrogen) atoms. The molecule has 2 aromatic rings. The van der Waals surface area contributed by atoms with Crippen molar-refractivity contribution in [2.75, 3.05) is 0 Å². The molecule has 0 bridgehead atoms. The summed E-state index contributed by atoms with van der Waals surface area (Å²) in [5, 5.41) is 16.3. The third kappa shape index (κ3) is 3.59. The summed E-state index contributed by atoms with van der Waals surface area (Å²) in [6.45, 7) is 0. The molecule has 7 heteroatoms. The Bertz CT molecular complexity index is 765. The van der Waals surface area contributed by atoms with E-state index in [9.17, 15) is 9.59 Å². The highest BCUT2D eigenvalue weighted by atomic mass is 35.5. The molecular weight excluding hydrogens is 332 g/mol. The van der Waals surface area contributed by atoms with Crippen LogP contribution in [0.3, 0.4) is 0 Å². The monoisotopic (exact) mass is 348 g/mol. The van der Waals surface area contributed by atoms with Crippen LogP contribution in [0.2, 0.25) is 5.02 Å². The highest BCUT2D eigenvalue weighted by Gasteiger charge is 2.38. The number of nitrogens with zero attached hydrogens (tertiary/aromatic N) is 1. The lowest BCUT2D eigenvalue weighted by atomic mass is 9.93. The number of hydrogen-bond acceptors (Lipinski definition) is 4. The van der Waals surface area contributed by atoms with Gasteiger partial charge in [-0.25, -0.2) is 0 Å². The van der Waals surface area contributed by atoms with Crippen LogP contribution in [0.25, 0.3) is 11.3 Å². The fraction of sp³-hybridized carbons (Fsp3) is 0.353. The maximum atomic E-state index is 12.4. The minimum atomic E-state index is -0.919. The van der Waals surface area contributed by atoms with Crippen LogP contribution in [0.1, 0.15) is 42.6 Å². The van der Waals surface area contributed by atoms with E-state index in [-0.39, 0.29) is 12.1 Å². The number of amides is 1. The Kier molecular flexibility index (Phi) is 4.57. The van der Waals surface area contributed by atoms with Gasteiger partial charge in [0.05, 0.1) is 12.0 Å². The molecule has 1 amide bonds. The maximum Gasteiger partial charge on any atom is 0.305 e. The zero-order valence-corrected chi connectivity index (χ0v) is 13.7. The number of aliphatic carboxylic acids is 1. The lowest BCUT2D eigenvalue weighted by Gasteiger charge is -2.28. The number of aromatic nitrogens is 1. The van der Waals surface area contributed by atoms with Gasteiger partial charge >= 0.3 is 5.97 Å². The zero-order valence-electron chi connectivity index (χ0n) is 12.9. The summed E-state index contributed by atoms with van der Waals surface area (Å²) in [5.74, 6) is -0.909. The van der Waals surface area contributed by atoms with Gasteiger partial charge in [0.1, 0.15) is 0 Å². The predicted molar refractivity (Wildman–Crippen MR) is 87.9 cm³/mol. The Balaban J connectivity index is 1.77. The molecule has 0 radical (unpaired) electrons. The van der Waals surface area contributed by atoms with E-state index >= 15 is 0 Å². The number of benzene rings is 1. The average Bonchev–Trinajstić information content (AvgIpc) is 3.16. The van der Waals surface area contributed by atoms with Crippen molar-refractivity contribution in [3.8, 4) is 11.3 Å². The molecule has 3 rings (SSSR count). The summed E-state index contributed by atoms with van der Waals surface area (Å²) in [6, 6.07) is 8.57. The smallest absolute Gasteiger partial charge is 0.305 e. The van der Waals surface area contributed by atoms with Crippen LogP contribution in [0.15, 0.2) is 34.9 Å². The molecule has 0 saturated heterocycles. The van der Waals surface area contributed by atoms with E-state index in [1.807, 2.05) is 0 Å². The fourth-order valence-corrected chi connectivity index (χ4v) is 3.34. The first-order chi connectivity index (χ1) is 11.5. The molecule has 2 N–H and O–H groups in total. The van der Waals surface area contributed by atoms with Crippen molar-refractivity contribution in [3.05, 3.63) is 41.0 Å². The van der Waals surface area contributed by atoms with Crippen LogP contribution in [-0.4, -0.2) is 27.7 Å². The van der Waals surface area contributed by atoms with E-state index in [1.54, 1.807) is 24.3 Å². The van der Waals surface area contributed by atoms with Crippen LogP contribution in [-0.2, 0) is 4.79 Å². The third-order valence-corrected chi connectivity index (χ3v) is 4.52. The van der Waals surface area contributed by atoms with Gasteiger partial charge < -0.3 is 14.9 Å². The largest absolute Gasteiger partial charge is 0.481 e. The molecule has 1 aliphatic rings. The van der Waals surface area contributed by atoms with Crippen molar-refractivity contribution in [1.82, 2.24) is 10.5 Å². The van der Waals surface area contributed by atoms with Crippen molar-refractivity contribution in [2.45, 2.75) is 37.6 Å². The Morgan fingerprint density at radius 3 is 2.71 bits per heavy atom. The van der Waals surface area contributed by atoms with Gasteiger partial charge in [-0.05, 0) is 25.0 Å². The Labute approximate surface area is 143 Å². The zero-order chi connectivity index (χ0) is 17.2. The minimum absolute atomic E-state index is 0.0856. The van der Waals surface area contributed by atoms with Crippen molar-refractivity contribution < 1.29 is 19.2 Å². The first kappa shape index (κ1) is 16.5. The molecule has 6 nitrogen and oxygen atoms in total. The van der Waals surface area contributed by atoms with Gasteiger partial charge in [-0.3, -0.25) is 9.59 Å². The standard InChI is InChI=1S/C17H17ClN2O4/c18-12-5-3-4-11(8-12)14-9-13(20-24-14)16(23)19-17(10-15(21)22)6-1-2-7-17/h3-5,8-9H,1-2,6-7,10H2,(H,19,23)(H,21,22). The van der Waals surface area contributed by atoms with Gasteiger partial charge in [0, 0.05) is 16.7 Å². The van der Waals surface area contributed by atoms with Gasteiger partial charge in [0.25, 0.3) is 5.91 Å². The van der Waals surface area contributed by atoms with Gasteiger partial charge in [-0.2, -0.15) is 0 Å². The summed E-state index contributed by atoms with van der Waals surface area (Å²) in [5.41, 5.74) is 0.148. The predicted octanol–water partition coefficient (Wildman–Crippen LogP) is 3.51. The van der Waals surface area contributed by atoms with Gasteiger partial charge in [0.2, 0.25) is 0 Å². The number of halogens is 1. The number of rotatable bonds is 5. The highest BCUT2D eigenvalue weighted by molar-refractivity contribution is 6.30. The third-order valence-electron chi connectivity index (χ3n) is 4.28. The first-order valence-electron chi connectivity index (χ1n) is 7.74. The van der Waals surface area contributed by atoms with E-state index in [4.69, 9.17) is 21.2 Å². The molecule has 1 heterocycles. The second-order valence-corrected chi connectivity index (χ2v) is 6.54. The summed E-state index contributed by atoms with van der Waals surface area (Å²) in [4.78, 5) is 23.5. The molecule has 1 aliphatic carbocycles. The second-order valence-electron chi connectivity index (χ2n) is 6.10. The van der Waals surface area contributed by atoms with Crippen LogP contribution in [0, 0.1) is 0 Å². The van der Waals surface area contributed by atoms with Gasteiger partial charge in [-0.1, -0.05) is 41.7 Å². The number of nitrogens with one attached hydrogen (secondary N) is 1. The molecule has 126 valence electrons. The molecule has 0 spiro atoms. The molecule has 1 aromatic heterocycles. The molecule has 0 atom stereocenters. The molecule has 1 saturated carbocycles. The van der Waals surface area contributed by atoms with E-state index in [2.05, 4.69) is 10.5 Å². The topological polar surface area (TPSA) is 92.4 Å². The number of carbonyl (C=O) groups excluding carboxylic acids is 1. The second kappa shape index (κ2) is 6.65. The van der Waals surface area contributed by atoms with E-state index in [0.717, 1.165) is 18.4 Å². The molecule has 0 unspecified atom stereocenters. The van der Waals surface area contributed by atoms with Gasteiger partial charge in [0.15, 0.2) is 11.5 Å². The van der Waals surface area contributed by atoms with E-state index < -0.39 is 17.4 Å². The van der Waals surface area contributed by atoms with Gasteiger partial charge in [-0.15, -0.1) is 0 Å². The van der Waals surface area contributed by atoms with Crippen LogP contribution in [0.4, 0.5) is 0 Å². The average molecular weight is 349 g/mol. The SMILES string of the molecule is O=C(O)CC1(NC(=O)c2cc(-c3cccc(Cl)c3)on2)CCCC1. The summed E-state index contributed by atoms with van der Waals surface area (Å²) >= 11 is 5.95. The Hall–Kier alpha value is -2.34. The van der Waals surface area contributed by atoms with E-state index in [0.29, 0.717) is 23.6 Å². The van der Waals surface area contributed by atoms with Crippen LogP contribution in [0.5, 0.6) is 0 Å². The minimum Gasteiger partial charge on any atom is -0.481 e. The summed E-state index contributed by atoms with van der Waals surface area (Å²) < 4.78 is 5.22. The normalized spacial score (nSPS) is 16.0. The Morgan fingerprint density at radius 2 is 2.04 bits per heavy atom. The maximum absolute atomic E-state index is 12.4. The van der Waals surface area contributed by atoms with Crippen LogP contribution < -0.4 is 5.32 Å². The summed E-state index contributed by atoms with van der Waals surface area (Å²) in [6.07, 6.45) is 3.03. The molecular formula is C17H17ClN2O4.